The highest BCUT2D eigenvalue weighted by atomic mass is 19.4. The lowest BCUT2D eigenvalue weighted by Gasteiger charge is -2.30. The number of hydroxylamine groups is 1. The van der Waals surface area contributed by atoms with E-state index in [-0.39, 0.29) is 25.6 Å². The van der Waals surface area contributed by atoms with E-state index in [1.165, 1.54) is 0 Å². The van der Waals surface area contributed by atoms with Crippen LogP contribution in [0, 0.1) is 5.92 Å². The van der Waals surface area contributed by atoms with Gasteiger partial charge in [-0.05, 0) is 19.3 Å². The Balaban J connectivity index is 1.76. The van der Waals surface area contributed by atoms with Crippen LogP contribution >= 0.6 is 0 Å². The number of carbonyl (C=O) groups excluding carboxylic acids is 1. The summed E-state index contributed by atoms with van der Waals surface area (Å²) in [7, 11) is 0. The molecule has 2 aliphatic rings. The monoisotopic (exact) mass is 282 g/mol. The number of rotatable bonds is 2. The normalized spacial score (nSPS) is 32.1. The second-order valence-corrected chi connectivity index (χ2v) is 4.93. The Morgan fingerprint density at radius 3 is 2.79 bits per heavy atom. The summed E-state index contributed by atoms with van der Waals surface area (Å²) in [5, 5.41) is 2.50. The van der Waals surface area contributed by atoms with Crippen LogP contribution in [0.15, 0.2) is 0 Å². The highest BCUT2D eigenvalue weighted by molar-refractivity contribution is 5.67. The first-order valence-electron chi connectivity index (χ1n) is 6.33. The van der Waals surface area contributed by atoms with Gasteiger partial charge in [0, 0.05) is 6.04 Å². The number of nitrogens with one attached hydrogen (secondary N) is 2. The van der Waals surface area contributed by atoms with Gasteiger partial charge in [-0.15, -0.1) is 0 Å². The van der Waals surface area contributed by atoms with Crippen molar-refractivity contribution in [3.05, 3.63) is 0 Å². The van der Waals surface area contributed by atoms with Crippen LogP contribution in [0.25, 0.3) is 0 Å². The molecule has 1 heterocycles. The van der Waals surface area contributed by atoms with E-state index >= 15 is 0 Å². The van der Waals surface area contributed by atoms with E-state index in [9.17, 15) is 18.0 Å². The zero-order valence-electron chi connectivity index (χ0n) is 10.3. The molecule has 0 spiro atoms. The predicted octanol–water partition coefficient (Wildman–Crippen LogP) is 1.74. The molecular formula is C11H17F3N2O3. The molecule has 1 saturated carbocycles. The van der Waals surface area contributed by atoms with E-state index in [4.69, 9.17) is 9.57 Å². The Morgan fingerprint density at radius 2 is 2.16 bits per heavy atom. The highest BCUT2D eigenvalue weighted by Gasteiger charge is 2.42. The molecule has 1 amide bonds. The van der Waals surface area contributed by atoms with Crippen molar-refractivity contribution in [2.24, 2.45) is 5.92 Å². The van der Waals surface area contributed by atoms with E-state index < -0.39 is 24.2 Å². The molecule has 0 radical (unpaired) electrons. The van der Waals surface area contributed by atoms with Gasteiger partial charge in [-0.1, -0.05) is 6.42 Å². The average molecular weight is 282 g/mol. The summed E-state index contributed by atoms with van der Waals surface area (Å²) in [5.74, 6) is -1.33. The van der Waals surface area contributed by atoms with Crippen molar-refractivity contribution in [2.45, 2.75) is 44.0 Å². The van der Waals surface area contributed by atoms with Gasteiger partial charge in [-0.25, -0.2) is 4.79 Å². The standard InChI is InChI=1S/C11H17F3N2O3/c12-11(13,14)7-2-1-3-8(4-7)16-10(17)19-9-5-15-18-6-9/h7-9,15H,1-6H2,(H,16,17)/t7?,8?,9-/m0/s1. The third-order valence-electron chi connectivity index (χ3n) is 3.42. The van der Waals surface area contributed by atoms with E-state index in [0.717, 1.165) is 0 Å². The van der Waals surface area contributed by atoms with Gasteiger partial charge < -0.3 is 10.1 Å². The van der Waals surface area contributed by atoms with Crippen molar-refractivity contribution in [1.29, 1.82) is 0 Å². The molecule has 1 aliphatic heterocycles. The van der Waals surface area contributed by atoms with Crippen molar-refractivity contribution in [3.8, 4) is 0 Å². The van der Waals surface area contributed by atoms with Gasteiger partial charge in [0.05, 0.1) is 12.5 Å². The lowest BCUT2D eigenvalue weighted by Crippen LogP contribution is -2.43. The van der Waals surface area contributed by atoms with E-state index in [2.05, 4.69) is 10.8 Å². The highest BCUT2D eigenvalue weighted by Crippen LogP contribution is 2.37. The number of hydrogen-bond acceptors (Lipinski definition) is 4. The first kappa shape index (κ1) is 14.4. The van der Waals surface area contributed by atoms with Crippen molar-refractivity contribution in [2.75, 3.05) is 13.2 Å². The number of alkyl halides is 3. The van der Waals surface area contributed by atoms with Crippen molar-refractivity contribution < 1.29 is 27.5 Å². The fourth-order valence-electron chi connectivity index (χ4n) is 2.41. The second-order valence-electron chi connectivity index (χ2n) is 4.93. The number of hydrogen-bond donors (Lipinski definition) is 2. The Hall–Kier alpha value is -1.02. The zero-order valence-corrected chi connectivity index (χ0v) is 10.3. The average Bonchev–Trinajstić information content (AvgIpc) is 2.80. The minimum Gasteiger partial charge on any atom is -0.442 e. The van der Waals surface area contributed by atoms with Gasteiger partial charge in [0.15, 0.2) is 0 Å². The lowest BCUT2D eigenvalue weighted by molar-refractivity contribution is -0.183. The molecule has 19 heavy (non-hydrogen) atoms. The minimum atomic E-state index is -4.19. The maximum absolute atomic E-state index is 12.6. The molecule has 0 aromatic heterocycles. The summed E-state index contributed by atoms with van der Waals surface area (Å²) in [4.78, 5) is 16.3. The first-order valence-corrected chi connectivity index (χ1v) is 6.33. The number of halogens is 3. The summed E-state index contributed by atoms with van der Waals surface area (Å²) >= 11 is 0. The first-order chi connectivity index (χ1) is 8.95. The SMILES string of the molecule is O=C(NC1CCCC(C(F)(F)F)C1)O[C@H]1CNOC1. The largest absolute Gasteiger partial charge is 0.442 e. The Labute approximate surface area is 108 Å². The van der Waals surface area contributed by atoms with Crippen LogP contribution in [0.2, 0.25) is 0 Å². The summed E-state index contributed by atoms with van der Waals surface area (Å²) in [6.07, 6.45) is -4.17. The predicted molar refractivity (Wildman–Crippen MR) is 59.2 cm³/mol. The summed E-state index contributed by atoms with van der Waals surface area (Å²) < 4.78 is 42.8. The fourth-order valence-corrected chi connectivity index (χ4v) is 2.41. The molecule has 5 nitrogen and oxygen atoms in total. The molecule has 110 valence electrons. The summed E-state index contributed by atoms with van der Waals surface area (Å²) in [5.41, 5.74) is 2.55. The van der Waals surface area contributed by atoms with E-state index in [1.54, 1.807) is 0 Å². The van der Waals surface area contributed by atoms with Gasteiger partial charge in [0.2, 0.25) is 0 Å². The van der Waals surface area contributed by atoms with Gasteiger partial charge >= 0.3 is 12.3 Å². The van der Waals surface area contributed by atoms with Crippen molar-refractivity contribution in [1.82, 2.24) is 10.8 Å². The molecule has 0 aromatic carbocycles. The molecule has 3 atom stereocenters. The quantitative estimate of drug-likeness (QED) is 0.810. The molecular weight excluding hydrogens is 265 g/mol. The molecule has 2 N–H and O–H groups in total. The van der Waals surface area contributed by atoms with Crippen LogP contribution in [0.5, 0.6) is 0 Å². The van der Waals surface area contributed by atoms with Crippen LogP contribution < -0.4 is 10.8 Å². The molecule has 2 rings (SSSR count). The Bertz CT molecular complexity index is 319. The maximum Gasteiger partial charge on any atom is 0.407 e. The van der Waals surface area contributed by atoms with Crippen LogP contribution in [-0.4, -0.2) is 37.6 Å². The van der Waals surface area contributed by atoms with Crippen LogP contribution in [-0.2, 0) is 9.57 Å². The van der Waals surface area contributed by atoms with Crippen LogP contribution in [0.1, 0.15) is 25.7 Å². The fraction of sp³-hybridized carbons (Fsp3) is 0.909. The maximum atomic E-state index is 12.6. The number of alkyl carbamates (subject to hydrolysis) is 1. The van der Waals surface area contributed by atoms with Gasteiger partial charge in [-0.2, -0.15) is 18.7 Å². The number of amides is 1. The third kappa shape index (κ3) is 4.24. The van der Waals surface area contributed by atoms with Gasteiger partial charge in [0.1, 0.15) is 12.7 Å². The minimum absolute atomic E-state index is 0.0714. The Kier molecular flexibility index (Phi) is 4.51. The zero-order chi connectivity index (χ0) is 13.9. The Morgan fingerprint density at radius 1 is 1.37 bits per heavy atom. The third-order valence-corrected chi connectivity index (χ3v) is 3.42. The molecule has 1 saturated heterocycles. The topological polar surface area (TPSA) is 59.6 Å². The second kappa shape index (κ2) is 5.96. The molecule has 8 heteroatoms. The van der Waals surface area contributed by atoms with Crippen molar-refractivity contribution in [3.63, 3.8) is 0 Å². The van der Waals surface area contributed by atoms with E-state index in [1.807, 2.05) is 0 Å². The molecule has 1 aliphatic carbocycles. The number of carbonyl (C=O) groups is 1. The smallest absolute Gasteiger partial charge is 0.407 e. The summed E-state index contributed by atoms with van der Waals surface area (Å²) in [6, 6.07) is -0.469. The van der Waals surface area contributed by atoms with E-state index in [0.29, 0.717) is 19.4 Å². The number of ether oxygens (including phenoxy) is 1. The molecule has 2 unspecified atom stereocenters. The van der Waals surface area contributed by atoms with Crippen molar-refractivity contribution >= 4 is 6.09 Å². The molecule has 2 fully saturated rings. The van der Waals surface area contributed by atoms with Crippen LogP contribution in [0.3, 0.4) is 0 Å². The summed E-state index contributed by atoms with van der Waals surface area (Å²) in [6.45, 7) is 0.645. The molecule has 0 aromatic rings. The molecule has 0 bridgehead atoms. The van der Waals surface area contributed by atoms with Gasteiger partial charge in [-0.3, -0.25) is 4.84 Å². The lowest BCUT2D eigenvalue weighted by atomic mass is 9.85. The van der Waals surface area contributed by atoms with Gasteiger partial charge in [0.25, 0.3) is 0 Å². The van der Waals surface area contributed by atoms with Crippen LogP contribution in [0.4, 0.5) is 18.0 Å².